The Morgan fingerprint density at radius 1 is 1.00 bits per heavy atom. The van der Waals surface area contributed by atoms with Crippen molar-refractivity contribution in [1.29, 1.82) is 0 Å². The molecule has 0 aromatic heterocycles. The highest BCUT2D eigenvalue weighted by molar-refractivity contribution is 6.01. The maximum atomic E-state index is 14.3. The molecular weight excluding hydrogens is 518 g/mol. The topological polar surface area (TPSA) is 40.5 Å². The largest absolute Gasteiger partial charge is 0.478 e. The zero-order valence-corrected chi connectivity index (χ0v) is 22.3. The van der Waals surface area contributed by atoms with E-state index >= 15 is 0 Å². The van der Waals surface area contributed by atoms with Crippen LogP contribution in [0.4, 0.5) is 17.6 Å². The van der Waals surface area contributed by atoms with Crippen LogP contribution < -0.4 is 0 Å². The van der Waals surface area contributed by atoms with E-state index in [1.165, 1.54) is 24.6 Å². The van der Waals surface area contributed by atoms with E-state index in [-0.39, 0.29) is 23.4 Å². The number of hydrogen-bond acceptors (Lipinski definition) is 2. The van der Waals surface area contributed by atoms with Crippen molar-refractivity contribution in [3.8, 4) is 0 Å². The number of halogens is 4. The van der Waals surface area contributed by atoms with Crippen molar-refractivity contribution in [1.82, 2.24) is 4.90 Å². The first-order valence-electron chi connectivity index (χ1n) is 13.5. The lowest BCUT2D eigenvalue weighted by molar-refractivity contribution is -0.138. The zero-order chi connectivity index (χ0) is 28.4. The summed E-state index contributed by atoms with van der Waals surface area (Å²) in [6.45, 7) is 3.53. The second-order valence-corrected chi connectivity index (χ2v) is 10.6. The Kier molecular flexibility index (Phi) is 7.95. The molecule has 0 amide bonds. The lowest BCUT2D eigenvalue weighted by Gasteiger charge is -2.33. The van der Waals surface area contributed by atoms with Crippen LogP contribution in [0.5, 0.6) is 0 Å². The van der Waals surface area contributed by atoms with Crippen LogP contribution in [0.3, 0.4) is 0 Å². The van der Waals surface area contributed by atoms with Gasteiger partial charge < -0.3 is 5.11 Å². The number of carbonyl (C=O) groups is 1. The molecule has 3 nitrogen and oxygen atoms in total. The number of carboxylic acid groups (broad SMARTS) is 1. The summed E-state index contributed by atoms with van der Waals surface area (Å²) < 4.78 is 55.4. The molecule has 1 saturated heterocycles. The second-order valence-electron chi connectivity index (χ2n) is 10.6. The maximum Gasteiger partial charge on any atom is 0.417 e. The third-order valence-electron chi connectivity index (χ3n) is 7.71. The standard InChI is InChI=1S/C33H31F4NO2/c1-21-5-2-8-29(31(21)33(35,36)37)28-7-3-6-25-18-26(32(39)40)13-14-27(25)30(28)24-11-9-22(10-12-24)17-23-19-38(20-23)16-4-15-34/h2,5,8-14,17-18H,3-4,6-7,15-16,19-20H2,1H3,(H,39,40). The van der Waals surface area contributed by atoms with Crippen molar-refractivity contribution < 1.29 is 27.5 Å². The Morgan fingerprint density at radius 2 is 1.75 bits per heavy atom. The van der Waals surface area contributed by atoms with E-state index in [0.29, 0.717) is 36.8 Å². The maximum absolute atomic E-state index is 14.3. The van der Waals surface area contributed by atoms with E-state index in [1.54, 1.807) is 24.3 Å². The van der Waals surface area contributed by atoms with Gasteiger partial charge in [-0.1, -0.05) is 54.6 Å². The summed E-state index contributed by atoms with van der Waals surface area (Å²) in [5.74, 6) is -1.03. The Morgan fingerprint density at radius 3 is 2.42 bits per heavy atom. The molecule has 0 bridgehead atoms. The SMILES string of the molecule is Cc1cccc(C2=C(c3ccc(C=C4CN(CCCF)C4)cc3)c3ccc(C(=O)O)cc3CCC2)c1C(F)(F)F. The average molecular weight is 550 g/mol. The first-order valence-corrected chi connectivity index (χ1v) is 13.5. The molecule has 1 aliphatic carbocycles. The van der Waals surface area contributed by atoms with E-state index in [4.69, 9.17) is 0 Å². The Labute approximate surface area is 231 Å². The predicted octanol–water partition coefficient (Wildman–Crippen LogP) is 8.07. The predicted molar refractivity (Wildman–Crippen MR) is 150 cm³/mol. The Balaban J connectivity index is 1.62. The van der Waals surface area contributed by atoms with E-state index in [2.05, 4.69) is 11.0 Å². The van der Waals surface area contributed by atoms with Gasteiger partial charge in [-0.05, 0) is 94.8 Å². The highest BCUT2D eigenvalue weighted by Gasteiger charge is 2.36. The fourth-order valence-electron chi connectivity index (χ4n) is 5.86. The van der Waals surface area contributed by atoms with Gasteiger partial charge in [0.1, 0.15) is 0 Å². The highest BCUT2D eigenvalue weighted by Crippen LogP contribution is 2.45. The van der Waals surface area contributed by atoms with E-state index in [9.17, 15) is 27.5 Å². The van der Waals surface area contributed by atoms with Gasteiger partial charge in [-0.3, -0.25) is 9.29 Å². The number of likely N-dealkylation sites (tertiary alicyclic amines) is 1. The Hall–Kier alpha value is -3.71. The number of hydrogen-bond donors (Lipinski definition) is 1. The fourth-order valence-corrected chi connectivity index (χ4v) is 5.86. The minimum atomic E-state index is -4.52. The number of alkyl halides is 4. The van der Waals surface area contributed by atoms with Crippen LogP contribution in [-0.4, -0.2) is 42.3 Å². The van der Waals surface area contributed by atoms with Gasteiger partial charge in [-0.25, -0.2) is 4.79 Å². The molecule has 208 valence electrons. The van der Waals surface area contributed by atoms with E-state index in [1.807, 2.05) is 24.3 Å². The highest BCUT2D eigenvalue weighted by atomic mass is 19.4. The molecular formula is C33H31F4NO2. The lowest BCUT2D eigenvalue weighted by atomic mass is 9.84. The normalized spacial score (nSPS) is 15.9. The van der Waals surface area contributed by atoms with Gasteiger partial charge in [-0.2, -0.15) is 13.2 Å². The van der Waals surface area contributed by atoms with Gasteiger partial charge >= 0.3 is 12.1 Å². The number of nitrogens with zero attached hydrogens (tertiary/aromatic N) is 1. The molecule has 0 radical (unpaired) electrons. The van der Waals surface area contributed by atoms with Gasteiger partial charge in [0.2, 0.25) is 0 Å². The number of fused-ring (bicyclic) bond motifs is 1. The molecule has 1 heterocycles. The van der Waals surface area contributed by atoms with Gasteiger partial charge in [0.15, 0.2) is 0 Å². The molecule has 5 rings (SSSR count). The minimum Gasteiger partial charge on any atom is -0.478 e. The third kappa shape index (κ3) is 5.75. The molecule has 7 heteroatoms. The van der Waals surface area contributed by atoms with Crippen molar-refractivity contribution >= 4 is 23.2 Å². The van der Waals surface area contributed by atoms with Crippen molar-refractivity contribution in [2.45, 2.75) is 38.8 Å². The molecule has 0 unspecified atom stereocenters. The number of carboxylic acids is 1. The molecule has 0 spiro atoms. The number of aryl methyl sites for hydroxylation is 2. The first-order chi connectivity index (χ1) is 19.2. The lowest BCUT2D eigenvalue weighted by Crippen LogP contribution is -2.40. The first kappa shape index (κ1) is 27.8. The summed E-state index contributed by atoms with van der Waals surface area (Å²) >= 11 is 0. The van der Waals surface area contributed by atoms with Crippen molar-refractivity contribution in [3.05, 3.63) is 111 Å². The van der Waals surface area contributed by atoms with Crippen LogP contribution in [0, 0.1) is 6.92 Å². The molecule has 3 aromatic carbocycles. The van der Waals surface area contributed by atoms with Crippen LogP contribution in [0.1, 0.15) is 68.6 Å². The Bertz CT molecular complexity index is 1480. The van der Waals surface area contributed by atoms with Crippen molar-refractivity contribution in [2.75, 3.05) is 26.3 Å². The zero-order valence-electron chi connectivity index (χ0n) is 22.3. The molecule has 40 heavy (non-hydrogen) atoms. The second kappa shape index (κ2) is 11.4. The van der Waals surface area contributed by atoms with Crippen LogP contribution in [0.15, 0.2) is 66.2 Å². The molecule has 1 fully saturated rings. The summed E-state index contributed by atoms with van der Waals surface area (Å²) in [5, 5.41) is 9.55. The molecule has 3 aromatic rings. The average Bonchev–Trinajstić information content (AvgIpc) is 3.08. The summed E-state index contributed by atoms with van der Waals surface area (Å²) in [7, 11) is 0. The van der Waals surface area contributed by atoms with Gasteiger partial charge in [-0.15, -0.1) is 0 Å². The summed E-state index contributed by atoms with van der Waals surface area (Å²) in [5.41, 5.74) is 5.82. The number of benzene rings is 3. The van der Waals surface area contributed by atoms with Gasteiger partial charge in [0.05, 0.1) is 17.8 Å². The number of allylic oxidation sites excluding steroid dienone is 1. The summed E-state index contributed by atoms with van der Waals surface area (Å²) in [6.07, 6.45) is -0.278. The fraction of sp³-hybridized carbons (Fsp3) is 0.303. The van der Waals surface area contributed by atoms with Crippen LogP contribution in [0.2, 0.25) is 0 Å². The number of aromatic carboxylic acids is 1. The van der Waals surface area contributed by atoms with Crippen molar-refractivity contribution in [2.24, 2.45) is 0 Å². The minimum absolute atomic E-state index is 0.163. The van der Waals surface area contributed by atoms with Crippen LogP contribution in [0.25, 0.3) is 17.2 Å². The van der Waals surface area contributed by atoms with Gasteiger partial charge in [0.25, 0.3) is 0 Å². The monoisotopic (exact) mass is 549 g/mol. The summed E-state index contributed by atoms with van der Waals surface area (Å²) in [4.78, 5) is 13.9. The molecule has 1 N–H and O–H groups in total. The smallest absolute Gasteiger partial charge is 0.417 e. The van der Waals surface area contributed by atoms with Crippen LogP contribution >= 0.6 is 0 Å². The molecule has 2 aliphatic rings. The number of rotatable bonds is 7. The van der Waals surface area contributed by atoms with Gasteiger partial charge in [0, 0.05) is 19.6 Å². The van der Waals surface area contributed by atoms with Crippen LogP contribution in [-0.2, 0) is 12.6 Å². The molecule has 1 aliphatic heterocycles. The van der Waals surface area contributed by atoms with E-state index in [0.717, 1.165) is 41.9 Å². The van der Waals surface area contributed by atoms with E-state index < -0.39 is 17.7 Å². The third-order valence-corrected chi connectivity index (χ3v) is 7.71. The quantitative estimate of drug-likeness (QED) is 0.303. The molecule has 0 atom stereocenters. The summed E-state index contributed by atoms with van der Waals surface area (Å²) in [6, 6.07) is 17.4. The molecule has 0 saturated carbocycles. The van der Waals surface area contributed by atoms with Crippen molar-refractivity contribution in [3.63, 3.8) is 0 Å².